The van der Waals surface area contributed by atoms with Crippen LogP contribution in [0.5, 0.6) is 17.2 Å². The number of rotatable bonds is 21. The van der Waals surface area contributed by atoms with Gasteiger partial charge in [0.2, 0.25) is 0 Å². The Kier molecular flexibility index (Phi) is 35.4. The summed E-state index contributed by atoms with van der Waals surface area (Å²) in [6, 6.07) is 101. The van der Waals surface area contributed by atoms with Gasteiger partial charge in [-0.1, -0.05) is 302 Å². The van der Waals surface area contributed by atoms with Gasteiger partial charge in [0.05, 0.1) is 49.3 Å². The van der Waals surface area contributed by atoms with Gasteiger partial charge >= 0.3 is 5.97 Å². The van der Waals surface area contributed by atoms with Crippen LogP contribution in [0.1, 0.15) is 22.3 Å². The van der Waals surface area contributed by atoms with Crippen molar-refractivity contribution >= 4 is 151 Å². The standard InChI is InChI=1S/2C25H18BrClFNO3S.C19H16FN.C12H10FN.C9H10O3.C6H3BrCl2O3S/c2*26-21-14-20(27)15-24(25(21)30)33(31,32)29(16-17-7-3-1-4-8-17)23-13-19(11-12-22(23)28)18-9-5-2-6-10-18;20-18-12-11-17(16-9-5-2-6-10-16)13-19(18)21-14-15-7-3-1-4-8-15;13-11-7-6-10(8-12(11)14)9-4-2-1-3-5-9;10-6-9(11)12-7-8-4-2-1-3-5-8;7-4-1-3(8)2-5(6(4)10)13(9,11)12/h2*1-15,30H,16H2;1-13,21H,14H2;1-8H,14H2;1-5,10H,6-7H2;1-2,10H. The fraction of sp³-hybridized carbons (Fsp3) is 0.0521. The van der Waals surface area contributed by atoms with E-state index in [2.05, 4.69) is 57.8 Å². The van der Waals surface area contributed by atoms with Crippen LogP contribution in [0.3, 0.4) is 0 Å². The molecule has 0 aliphatic rings. The number of nitrogens with zero attached hydrogens (tertiary/aromatic N) is 2. The predicted octanol–water partition coefficient (Wildman–Crippen LogP) is 25.7. The molecule has 0 spiro atoms. The highest BCUT2D eigenvalue weighted by molar-refractivity contribution is 9.11. The second-order valence-electron chi connectivity index (χ2n) is 27.0. The van der Waals surface area contributed by atoms with Crippen LogP contribution in [-0.2, 0) is 64.9 Å². The lowest BCUT2D eigenvalue weighted by molar-refractivity contribution is -0.148. The Labute approximate surface area is 771 Å². The van der Waals surface area contributed by atoms with E-state index < -0.39 is 85.2 Å². The highest BCUT2D eigenvalue weighted by Crippen LogP contribution is 2.43. The van der Waals surface area contributed by atoms with Crippen LogP contribution < -0.4 is 19.7 Å². The molecule has 15 aromatic rings. The van der Waals surface area contributed by atoms with Crippen molar-refractivity contribution < 1.29 is 72.8 Å². The van der Waals surface area contributed by atoms with Gasteiger partial charge < -0.3 is 36.2 Å². The number of benzene rings is 15. The molecule has 126 heavy (non-hydrogen) atoms. The van der Waals surface area contributed by atoms with Crippen LogP contribution in [0, 0.1) is 23.3 Å². The Balaban J connectivity index is 0.000000165. The second-order valence-corrected chi connectivity index (χ2v) is 37.1. The monoisotopic (exact) mass is 2020 g/mol. The van der Waals surface area contributed by atoms with Gasteiger partial charge in [0.1, 0.15) is 68.4 Å². The number of carbonyl (C=O) groups is 1. The summed E-state index contributed by atoms with van der Waals surface area (Å²) in [7, 11) is -7.77. The third kappa shape index (κ3) is 27.3. The minimum Gasteiger partial charge on any atom is -0.505 e. The van der Waals surface area contributed by atoms with Crippen LogP contribution in [0.15, 0.2) is 380 Å². The molecule has 15 aromatic carbocycles. The molecule has 15 rings (SSSR count). The van der Waals surface area contributed by atoms with Gasteiger partial charge in [0.25, 0.3) is 29.1 Å². The van der Waals surface area contributed by atoms with Gasteiger partial charge in [-0.05, 0) is 199 Å². The first kappa shape index (κ1) is 96.7. The number of nitrogens with one attached hydrogen (secondary N) is 1. The number of phenolic OH excluding ortho intramolecular Hbond substituents is 3. The second kappa shape index (κ2) is 46.1. The molecule has 0 saturated carbocycles. The highest BCUT2D eigenvalue weighted by Gasteiger charge is 2.34. The molecule has 0 atom stereocenters. The summed E-state index contributed by atoms with van der Waals surface area (Å²) in [4.78, 5) is 9.25. The molecule has 7 N–H and O–H groups in total. The molecular weight excluding hydrogens is 1950 g/mol. The number of carbonyl (C=O) groups excluding carboxylic acids is 1. The number of hydrogen-bond donors (Lipinski definition) is 6. The van der Waals surface area contributed by atoms with Crippen molar-refractivity contribution in [1.29, 1.82) is 0 Å². The molecule has 16 nitrogen and oxygen atoms in total. The molecule has 0 aliphatic carbocycles. The van der Waals surface area contributed by atoms with Crippen molar-refractivity contribution in [2.24, 2.45) is 0 Å². The zero-order chi connectivity index (χ0) is 90.7. The number of aliphatic hydroxyl groups excluding tert-OH is 1. The summed E-state index contributed by atoms with van der Waals surface area (Å²) in [5, 5.41) is 42.2. The molecule has 0 amide bonds. The van der Waals surface area contributed by atoms with E-state index in [0.717, 1.165) is 71.3 Å². The molecule has 646 valence electrons. The highest BCUT2D eigenvalue weighted by atomic mass is 79.9. The maximum atomic E-state index is 15.1. The van der Waals surface area contributed by atoms with Crippen LogP contribution in [0.4, 0.5) is 40.3 Å². The fourth-order valence-corrected chi connectivity index (χ4v) is 19.1. The van der Waals surface area contributed by atoms with E-state index in [4.69, 9.17) is 56.3 Å². The summed E-state index contributed by atoms with van der Waals surface area (Å²) in [6.45, 7) is -0.0348. The first-order chi connectivity index (χ1) is 60.3. The topological polar surface area (TPSA) is 254 Å². The smallest absolute Gasteiger partial charge is 0.332 e. The number of ether oxygens (including phenoxy) is 1. The number of phenols is 3. The minimum atomic E-state index is -4.42. The van der Waals surface area contributed by atoms with Gasteiger partial charge in [0.15, 0.2) is 0 Å². The number of esters is 1. The fourth-order valence-electron chi connectivity index (χ4n) is 12.0. The Morgan fingerprint density at radius 2 is 0.659 bits per heavy atom. The molecule has 0 aliphatic heterocycles. The molecule has 0 fully saturated rings. The van der Waals surface area contributed by atoms with Gasteiger partial charge in [-0.15, -0.1) is 0 Å². The van der Waals surface area contributed by atoms with E-state index in [0.29, 0.717) is 34.5 Å². The first-order valence-electron chi connectivity index (χ1n) is 37.6. The Morgan fingerprint density at radius 3 is 1.00 bits per heavy atom. The summed E-state index contributed by atoms with van der Waals surface area (Å²) in [5.41, 5.74) is 16.2. The maximum absolute atomic E-state index is 15.1. The van der Waals surface area contributed by atoms with Crippen molar-refractivity contribution in [3.63, 3.8) is 0 Å². The largest absolute Gasteiger partial charge is 0.505 e. The molecule has 0 heterocycles. The average molecular weight is 2030 g/mol. The third-order valence-corrected chi connectivity index (χ3v) is 25.6. The average Bonchev–Trinajstić information content (AvgIpc) is 0.763. The van der Waals surface area contributed by atoms with Crippen molar-refractivity contribution in [3.8, 4) is 61.8 Å². The SMILES string of the molecule is Fc1ccc(-c2ccccc2)cc1NCc1ccccc1.Nc1cc(-c2ccccc2)ccc1F.O=C(CO)OCc1ccccc1.O=S(=O)(Cl)c1cc(Cl)cc(Br)c1O.O=S(=O)(c1cc(Cl)cc(Br)c1O)N(Cc1ccccc1)c1cc(-c2ccccc2)ccc1F.O=S(=O)(c1cc(Cl)cc(Br)c1O)N(Cc1ccccc1)c1cc(-c2ccccc2)ccc1F. The van der Waals surface area contributed by atoms with Crippen LogP contribution in [-0.4, -0.2) is 58.3 Å². The van der Waals surface area contributed by atoms with E-state index in [-0.39, 0.29) is 76.9 Å². The summed E-state index contributed by atoms with van der Waals surface area (Å²) in [6.07, 6.45) is 0. The lowest BCUT2D eigenvalue weighted by Gasteiger charge is -2.26. The van der Waals surface area contributed by atoms with Crippen LogP contribution in [0.25, 0.3) is 44.5 Å². The zero-order valence-corrected chi connectivity index (χ0v) is 76.2. The Hall–Kier alpha value is -11.5. The summed E-state index contributed by atoms with van der Waals surface area (Å²) >= 11 is 26.9. The van der Waals surface area contributed by atoms with Crippen molar-refractivity contribution in [3.05, 3.63) is 426 Å². The first-order valence-corrected chi connectivity index (χ1v) is 46.3. The van der Waals surface area contributed by atoms with Gasteiger partial charge in [0, 0.05) is 32.3 Å². The quantitative estimate of drug-likeness (QED) is 0.0169. The number of aliphatic hydroxyl groups is 1. The third-order valence-electron chi connectivity index (χ3n) is 18.2. The van der Waals surface area contributed by atoms with Crippen molar-refractivity contribution in [2.45, 2.75) is 40.9 Å². The molecule has 0 saturated heterocycles. The van der Waals surface area contributed by atoms with Crippen LogP contribution in [0.2, 0.25) is 15.1 Å². The lowest BCUT2D eigenvalue weighted by Crippen LogP contribution is -2.31. The molecule has 0 bridgehead atoms. The number of hydrogen-bond acceptors (Lipinski definition) is 14. The Morgan fingerprint density at radius 1 is 0.365 bits per heavy atom. The van der Waals surface area contributed by atoms with Crippen molar-refractivity contribution in [2.75, 3.05) is 26.3 Å². The number of aromatic hydroxyl groups is 3. The van der Waals surface area contributed by atoms with E-state index >= 15 is 8.78 Å². The number of halogens is 11. The predicted molar refractivity (Wildman–Crippen MR) is 504 cm³/mol. The molecule has 0 aromatic heterocycles. The normalized spacial score (nSPS) is 10.9. The van der Waals surface area contributed by atoms with Gasteiger partial charge in [-0.25, -0.2) is 47.6 Å². The molecule has 0 radical (unpaired) electrons. The summed E-state index contributed by atoms with van der Waals surface area (Å²) < 4.78 is 141. The molecule has 0 unspecified atom stereocenters. The number of sulfonamides is 2. The molecular formula is C96H75Br3Cl4F4N4O12S3. The number of anilines is 4. The van der Waals surface area contributed by atoms with E-state index in [1.807, 2.05) is 188 Å². The number of nitrogens with two attached hydrogens (primary N) is 1. The molecule has 30 heteroatoms. The van der Waals surface area contributed by atoms with E-state index in [1.54, 1.807) is 91.0 Å². The van der Waals surface area contributed by atoms with Gasteiger partial charge in [-0.2, -0.15) is 0 Å². The minimum absolute atomic E-state index is 0.108. The van der Waals surface area contributed by atoms with E-state index in [1.165, 1.54) is 54.6 Å². The number of nitrogen functional groups attached to an aromatic ring is 1. The zero-order valence-electron chi connectivity index (χ0n) is 65.9. The van der Waals surface area contributed by atoms with E-state index in [9.17, 15) is 54.1 Å². The van der Waals surface area contributed by atoms with Crippen molar-refractivity contribution in [1.82, 2.24) is 0 Å². The maximum Gasteiger partial charge on any atom is 0.332 e. The summed E-state index contributed by atoms with van der Waals surface area (Å²) in [5.74, 6) is -4.08. The Bertz CT molecular complexity index is 6350. The van der Waals surface area contributed by atoms with Gasteiger partial charge in [-0.3, -0.25) is 8.61 Å². The lowest BCUT2D eigenvalue weighted by atomic mass is 10.0. The van der Waals surface area contributed by atoms with Crippen LogP contribution >= 0.6 is 93.3 Å².